The van der Waals surface area contributed by atoms with E-state index in [0.717, 1.165) is 67.2 Å². The number of aromatic nitrogens is 1. The van der Waals surface area contributed by atoms with Gasteiger partial charge in [0.1, 0.15) is 11.4 Å². The van der Waals surface area contributed by atoms with Crippen LogP contribution in [0.2, 0.25) is 0 Å². The van der Waals surface area contributed by atoms with Crippen molar-refractivity contribution < 1.29 is 19.4 Å². The summed E-state index contributed by atoms with van der Waals surface area (Å²) >= 11 is 0. The van der Waals surface area contributed by atoms with Gasteiger partial charge in [-0.1, -0.05) is 36.8 Å². The number of ether oxygens (including phenoxy) is 1. The number of piperidine rings is 1. The quantitative estimate of drug-likeness (QED) is 0.252. The highest BCUT2D eigenvalue weighted by molar-refractivity contribution is 5.97. The highest BCUT2D eigenvalue weighted by atomic mass is 16.5. The van der Waals surface area contributed by atoms with Crippen LogP contribution in [0.3, 0.4) is 0 Å². The number of amides is 1. The Bertz CT molecular complexity index is 1390. The number of nitrogens with zero attached hydrogens (tertiary/aromatic N) is 1. The third-order valence-corrected chi connectivity index (χ3v) is 9.33. The lowest BCUT2D eigenvalue weighted by Gasteiger charge is -2.53. The molecule has 1 saturated heterocycles. The SMILES string of the molecule is CCOC(=O)/C=C1\[C@@H]2CCC[C@@]1(c1cccc(O)c1)CCN2CC1CC1CCNC(=O)c1cc2ccccc2[nH]1. The number of rotatable bonds is 9. The van der Waals surface area contributed by atoms with Crippen LogP contribution in [-0.4, -0.2) is 59.1 Å². The summed E-state index contributed by atoms with van der Waals surface area (Å²) in [6.45, 7) is 4.86. The van der Waals surface area contributed by atoms with E-state index in [1.807, 2.05) is 49.4 Å². The number of H-pyrrole nitrogens is 1. The Hall–Kier alpha value is -3.58. The number of aromatic amines is 1. The Morgan fingerprint density at radius 2 is 2.02 bits per heavy atom. The second-order valence-corrected chi connectivity index (χ2v) is 11.7. The van der Waals surface area contributed by atoms with Crippen LogP contribution in [0.1, 0.15) is 61.5 Å². The molecule has 210 valence electrons. The first kappa shape index (κ1) is 26.6. The standard InChI is InChI=1S/C33H39N3O4/c1-2-40-31(38)20-27-30-11-6-13-33(27,25-8-5-9-26(37)19-25)14-16-36(30)21-24-17-22(24)12-15-34-32(39)29-18-23-7-3-4-10-28(23)35-29/h3-5,7-10,18-20,22,24,30,35,37H,2,6,11-17,21H2,1H3,(H,34,39)/b27-20+/t22?,24?,30-,33-/m0/s1. The summed E-state index contributed by atoms with van der Waals surface area (Å²) in [7, 11) is 0. The zero-order valence-corrected chi connectivity index (χ0v) is 23.2. The van der Waals surface area contributed by atoms with Crippen molar-refractivity contribution in [3.63, 3.8) is 0 Å². The zero-order chi connectivity index (χ0) is 27.7. The van der Waals surface area contributed by atoms with Crippen LogP contribution in [0, 0.1) is 11.8 Å². The minimum absolute atomic E-state index is 0.0522. The lowest BCUT2D eigenvalue weighted by atomic mass is 9.60. The van der Waals surface area contributed by atoms with Gasteiger partial charge >= 0.3 is 5.97 Å². The molecule has 1 aromatic heterocycles. The van der Waals surface area contributed by atoms with Crippen molar-refractivity contribution in [1.29, 1.82) is 0 Å². The Balaban J connectivity index is 1.09. The molecule has 3 fully saturated rings. The van der Waals surface area contributed by atoms with Crippen LogP contribution in [0.15, 0.2) is 66.2 Å². The van der Waals surface area contributed by atoms with Gasteiger partial charge in [0.2, 0.25) is 0 Å². The number of para-hydroxylation sites is 1. The maximum atomic E-state index is 12.7. The molecule has 3 aromatic rings. The molecule has 1 aliphatic heterocycles. The first-order valence-corrected chi connectivity index (χ1v) is 14.7. The van der Waals surface area contributed by atoms with Crippen LogP contribution in [0.5, 0.6) is 5.75 Å². The minimum Gasteiger partial charge on any atom is -0.508 e. The molecule has 2 saturated carbocycles. The number of phenolic OH excluding ortho intramolecular Hbond substituents is 1. The van der Waals surface area contributed by atoms with Crippen LogP contribution in [-0.2, 0) is 14.9 Å². The highest BCUT2D eigenvalue weighted by Gasteiger charge is 2.50. The molecule has 0 radical (unpaired) electrons. The monoisotopic (exact) mass is 541 g/mol. The first-order valence-electron chi connectivity index (χ1n) is 14.7. The lowest BCUT2D eigenvalue weighted by molar-refractivity contribution is -0.137. The van der Waals surface area contributed by atoms with Crippen molar-refractivity contribution >= 4 is 22.8 Å². The normalized spacial score (nSPS) is 27.0. The summed E-state index contributed by atoms with van der Waals surface area (Å²) in [4.78, 5) is 31.1. The molecule has 1 amide bonds. The highest BCUT2D eigenvalue weighted by Crippen LogP contribution is 2.52. The van der Waals surface area contributed by atoms with Gasteiger partial charge in [-0.15, -0.1) is 0 Å². The van der Waals surface area contributed by atoms with E-state index >= 15 is 0 Å². The molecule has 7 heteroatoms. The molecule has 2 bridgehead atoms. The van der Waals surface area contributed by atoms with Crippen LogP contribution in [0.4, 0.5) is 0 Å². The Labute approximate surface area is 235 Å². The fourth-order valence-corrected chi connectivity index (χ4v) is 7.23. The largest absolute Gasteiger partial charge is 0.508 e. The molecule has 4 atom stereocenters. The maximum absolute atomic E-state index is 12.7. The molecule has 7 nitrogen and oxygen atoms in total. The molecule has 3 aliphatic rings. The predicted molar refractivity (Wildman–Crippen MR) is 155 cm³/mol. The Morgan fingerprint density at radius 1 is 1.15 bits per heavy atom. The smallest absolute Gasteiger partial charge is 0.330 e. The van der Waals surface area contributed by atoms with Crippen molar-refractivity contribution in [2.45, 2.75) is 56.9 Å². The molecule has 40 heavy (non-hydrogen) atoms. The number of hydrogen-bond donors (Lipinski definition) is 3. The summed E-state index contributed by atoms with van der Waals surface area (Å²) in [5.74, 6) is 1.17. The number of benzene rings is 2. The number of hydrogen-bond acceptors (Lipinski definition) is 5. The summed E-state index contributed by atoms with van der Waals surface area (Å²) in [5, 5.41) is 14.4. The van der Waals surface area contributed by atoms with E-state index in [2.05, 4.69) is 21.3 Å². The Morgan fingerprint density at radius 3 is 2.85 bits per heavy atom. The summed E-state index contributed by atoms with van der Waals surface area (Å²) in [6, 6.07) is 17.6. The number of likely N-dealkylation sites (tertiary alicyclic amines) is 1. The van der Waals surface area contributed by atoms with E-state index in [9.17, 15) is 14.7 Å². The fraction of sp³-hybridized carbons (Fsp3) is 0.455. The molecule has 2 heterocycles. The van der Waals surface area contributed by atoms with Crippen LogP contribution in [0.25, 0.3) is 10.9 Å². The van der Waals surface area contributed by atoms with Crippen LogP contribution >= 0.6 is 0 Å². The Kier molecular flexibility index (Phi) is 7.41. The van der Waals surface area contributed by atoms with Gasteiger partial charge in [-0.3, -0.25) is 9.69 Å². The van der Waals surface area contributed by atoms with E-state index < -0.39 is 0 Å². The van der Waals surface area contributed by atoms with E-state index in [4.69, 9.17) is 4.74 Å². The number of carbonyl (C=O) groups is 2. The molecule has 2 unspecified atom stereocenters. The fourth-order valence-electron chi connectivity index (χ4n) is 7.23. The van der Waals surface area contributed by atoms with Crippen molar-refractivity contribution in [3.8, 4) is 5.75 Å². The van der Waals surface area contributed by atoms with Gasteiger partial charge in [0.15, 0.2) is 0 Å². The number of aromatic hydroxyl groups is 1. The summed E-state index contributed by atoms with van der Waals surface area (Å²) < 4.78 is 5.35. The van der Waals surface area contributed by atoms with E-state index in [0.29, 0.717) is 30.7 Å². The molecule has 6 rings (SSSR count). The second kappa shape index (κ2) is 11.1. The molecular weight excluding hydrogens is 502 g/mol. The van der Waals surface area contributed by atoms with Gasteiger partial charge in [-0.05, 0) is 92.8 Å². The van der Waals surface area contributed by atoms with Crippen molar-refractivity contribution in [2.24, 2.45) is 11.8 Å². The first-order chi connectivity index (χ1) is 19.5. The van der Waals surface area contributed by atoms with E-state index in [-0.39, 0.29) is 29.1 Å². The topological polar surface area (TPSA) is 94.7 Å². The molecule has 0 spiro atoms. The molecule has 2 aliphatic carbocycles. The van der Waals surface area contributed by atoms with Crippen molar-refractivity contribution in [3.05, 3.63) is 77.5 Å². The van der Waals surface area contributed by atoms with Crippen molar-refractivity contribution in [2.75, 3.05) is 26.2 Å². The van der Waals surface area contributed by atoms with Gasteiger partial charge in [-0.25, -0.2) is 4.79 Å². The molecular formula is C33H39N3O4. The lowest BCUT2D eigenvalue weighted by Crippen LogP contribution is -2.54. The minimum atomic E-state index is -0.272. The number of nitrogens with one attached hydrogen (secondary N) is 2. The van der Waals surface area contributed by atoms with Gasteiger partial charge < -0.3 is 20.1 Å². The van der Waals surface area contributed by atoms with Gasteiger partial charge in [0.25, 0.3) is 5.91 Å². The average Bonchev–Trinajstić information content (AvgIpc) is 3.52. The van der Waals surface area contributed by atoms with Crippen molar-refractivity contribution in [1.82, 2.24) is 15.2 Å². The summed E-state index contributed by atoms with van der Waals surface area (Å²) in [5.41, 5.74) is 3.60. The van der Waals surface area contributed by atoms with Gasteiger partial charge in [-0.2, -0.15) is 0 Å². The van der Waals surface area contributed by atoms with E-state index in [1.165, 1.54) is 6.42 Å². The second-order valence-electron chi connectivity index (χ2n) is 11.7. The third-order valence-electron chi connectivity index (χ3n) is 9.33. The van der Waals surface area contributed by atoms with Gasteiger partial charge in [0.05, 0.1) is 6.61 Å². The van der Waals surface area contributed by atoms with Gasteiger partial charge in [0, 0.05) is 41.5 Å². The third kappa shape index (κ3) is 5.27. The summed E-state index contributed by atoms with van der Waals surface area (Å²) in [6.07, 6.45) is 7.94. The maximum Gasteiger partial charge on any atom is 0.330 e. The number of fused-ring (bicyclic) bond motifs is 3. The zero-order valence-electron chi connectivity index (χ0n) is 23.2. The van der Waals surface area contributed by atoms with Crippen LogP contribution < -0.4 is 5.32 Å². The predicted octanol–water partition coefficient (Wildman–Crippen LogP) is 5.32. The number of phenols is 1. The average molecular weight is 542 g/mol. The number of carbonyl (C=O) groups excluding carboxylic acids is 2. The number of esters is 1. The van der Waals surface area contributed by atoms with E-state index in [1.54, 1.807) is 12.1 Å². The molecule has 2 aromatic carbocycles. The molecule has 3 N–H and O–H groups in total.